The topological polar surface area (TPSA) is 60.1 Å². The van der Waals surface area contributed by atoms with Crippen LogP contribution in [0.25, 0.3) is 0 Å². The maximum Gasteiger partial charge on any atom is 0.310 e. The normalized spacial score (nSPS) is 40.3. The molecule has 5 heteroatoms. The number of carbonyl (C=O) groups excluding carboxylic acids is 1. The molecule has 158 valence electrons. The lowest BCUT2D eigenvalue weighted by molar-refractivity contribution is -0.147. The van der Waals surface area contributed by atoms with E-state index in [1.807, 2.05) is 18.2 Å². The lowest BCUT2D eigenvalue weighted by atomic mass is 9.53. The molecular formula is C24H33NO4. The third-order valence-electron chi connectivity index (χ3n) is 8.21. The van der Waals surface area contributed by atoms with Crippen molar-refractivity contribution in [2.45, 2.75) is 57.2 Å². The van der Waals surface area contributed by atoms with Crippen molar-refractivity contribution in [3.63, 3.8) is 0 Å². The highest BCUT2D eigenvalue weighted by Crippen LogP contribution is 2.62. The maximum absolute atomic E-state index is 12.7. The third kappa shape index (κ3) is 3.36. The second-order valence-corrected chi connectivity index (χ2v) is 9.87. The molecule has 5 rings (SSSR count). The van der Waals surface area contributed by atoms with Gasteiger partial charge >= 0.3 is 5.97 Å². The highest BCUT2D eigenvalue weighted by Gasteiger charge is 2.64. The van der Waals surface area contributed by atoms with Crippen molar-refractivity contribution in [1.29, 1.82) is 0 Å². The van der Waals surface area contributed by atoms with Gasteiger partial charge in [0, 0.05) is 12.5 Å². The molecule has 2 aliphatic carbocycles. The summed E-state index contributed by atoms with van der Waals surface area (Å²) >= 11 is 0. The molecule has 0 radical (unpaired) electrons. The van der Waals surface area contributed by atoms with E-state index < -0.39 is 0 Å². The Balaban J connectivity index is 1.21. The number of epoxide rings is 1. The third-order valence-corrected chi connectivity index (χ3v) is 8.21. The van der Waals surface area contributed by atoms with Gasteiger partial charge in [-0.25, -0.2) is 0 Å². The molecule has 4 fully saturated rings. The smallest absolute Gasteiger partial charge is 0.310 e. The number of para-hydroxylation sites is 1. The predicted octanol–water partition coefficient (Wildman–Crippen LogP) is 3.35. The molecule has 1 N–H and O–H groups in total. The zero-order chi connectivity index (χ0) is 20.1. The molecule has 0 bridgehead atoms. The van der Waals surface area contributed by atoms with Crippen LogP contribution in [0, 0.1) is 23.2 Å². The second-order valence-electron chi connectivity index (χ2n) is 9.87. The Morgan fingerprint density at radius 3 is 2.90 bits per heavy atom. The zero-order valence-electron chi connectivity index (χ0n) is 17.6. The number of rotatable bonds is 6. The van der Waals surface area contributed by atoms with Crippen molar-refractivity contribution in [2.24, 2.45) is 23.2 Å². The lowest BCUT2D eigenvalue weighted by Gasteiger charge is -2.51. The number of nitrogens with one attached hydrogen (secondary N) is 1. The number of methoxy groups -OCH3 is 1. The minimum Gasteiger partial charge on any atom is -0.496 e. The first-order valence-corrected chi connectivity index (χ1v) is 11.2. The first kappa shape index (κ1) is 19.4. The van der Waals surface area contributed by atoms with Crippen LogP contribution in [0.15, 0.2) is 24.3 Å². The van der Waals surface area contributed by atoms with E-state index in [0.717, 1.165) is 38.2 Å². The van der Waals surface area contributed by atoms with Gasteiger partial charge in [0.1, 0.15) is 11.9 Å². The molecule has 29 heavy (non-hydrogen) atoms. The fourth-order valence-corrected chi connectivity index (χ4v) is 6.58. The van der Waals surface area contributed by atoms with Gasteiger partial charge in [0.2, 0.25) is 0 Å². The predicted molar refractivity (Wildman–Crippen MR) is 110 cm³/mol. The number of esters is 1. The fourth-order valence-electron chi connectivity index (χ4n) is 6.58. The van der Waals surface area contributed by atoms with E-state index in [0.29, 0.717) is 18.4 Å². The minimum absolute atomic E-state index is 0.00203. The van der Waals surface area contributed by atoms with Crippen molar-refractivity contribution in [1.82, 2.24) is 5.32 Å². The van der Waals surface area contributed by atoms with Gasteiger partial charge in [0.25, 0.3) is 0 Å². The second kappa shape index (κ2) is 7.28. The molecule has 2 heterocycles. The van der Waals surface area contributed by atoms with Crippen molar-refractivity contribution in [3.05, 3.63) is 29.8 Å². The van der Waals surface area contributed by atoms with Crippen LogP contribution in [0.3, 0.4) is 0 Å². The minimum atomic E-state index is -0.0278. The summed E-state index contributed by atoms with van der Waals surface area (Å²) in [5, 5.41) is 3.52. The van der Waals surface area contributed by atoms with E-state index in [2.05, 4.69) is 18.3 Å². The number of hydrogen-bond donors (Lipinski definition) is 1. The molecular weight excluding hydrogens is 366 g/mol. The molecule has 6 atom stereocenters. The van der Waals surface area contributed by atoms with Gasteiger partial charge in [-0.3, -0.25) is 4.79 Å². The average Bonchev–Trinajstić information content (AvgIpc) is 3.41. The Morgan fingerprint density at radius 1 is 1.28 bits per heavy atom. The van der Waals surface area contributed by atoms with Crippen molar-refractivity contribution in [2.75, 3.05) is 26.8 Å². The van der Waals surface area contributed by atoms with Crippen molar-refractivity contribution in [3.8, 4) is 5.75 Å². The van der Waals surface area contributed by atoms with Gasteiger partial charge in [0.15, 0.2) is 0 Å². The number of carbonyl (C=O) groups is 1. The summed E-state index contributed by atoms with van der Waals surface area (Å²) in [4.78, 5) is 12.7. The molecule has 1 aromatic rings. The molecule has 2 saturated carbocycles. The number of benzene rings is 1. The van der Waals surface area contributed by atoms with E-state index in [4.69, 9.17) is 14.2 Å². The quantitative estimate of drug-likeness (QED) is 0.452. The van der Waals surface area contributed by atoms with Gasteiger partial charge in [-0.2, -0.15) is 0 Å². The molecule has 5 nitrogen and oxygen atoms in total. The van der Waals surface area contributed by atoms with Gasteiger partial charge in [-0.05, 0) is 68.0 Å². The maximum atomic E-state index is 12.7. The van der Waals surface area contributed by atoms with Gasteiger partial charge in [0.05, 0.1) is 25.2 Å². The van der Waals surface area contributed by atoms with Gasteiger partial charge in [-0.1, -0.05) is 25.1 Å². The summed E-state index contributed by atoms with van der Waals surface area (Å²) in [5.74, 6) is 1.81. The molecule has 4 aliphatic rings. The van der Waals surface area contributed by atoms with Crippen LogP contribution in [0.5, 0.6) is 5.75 Å². The highest BCUT2D eigenvalue weighted by atomic mass is 16.6. The summed E-state index contributed by atoms with van der Waals surface area (Å²) in [6.45, 7) is 4.85. The van der Waals surface area contributed by atoms with Crippen LogP contribution in [-0.4, -0.2) is 44.5 Å². The van der Waals surface area contributed by atoms with Gasteiger partial charge < -0.3 is 19.5 Å². The summed E-state index contributed by atoms with van der Waals surface area (Å²) in [5.41, 5.74) is 1.58. The average molecular weight is 400 g/mol. The number of hydrogen-bond acceptors (Lipinski definition) is 5. The molecule has 2 saturated heterocycles. The Labute approximate surface area is 173 Å². The monoisotopic (exact) mass is 399 g/mol. The first-order chi connectivity index (χ1) is 14.0. The van der Waals surface area contributed by atoms with E-state index in [1.54, 1.807) is 7.11 Å². The summed E-state index contributed by atoms with van der Waals surface area (Å²) in [6, 6.07) is 8.12. The number of ether oxygens (including phenoxy) is 3. The lowest BCUT2D eigenvalue weighted by Crippen LogP contribution is -2.51. The summed E-state index contributed by atoms with van der Waals surface area (Å²) in [6.07, 6.45) is 6.75. The van der Waals surface area contributed by atoms with E-state index in [1.165, 1.54) is 24.8 Å². The first-order valence-electron chi connectivity index (χ1n) is 11.2. The molecule has 0 amide bonds. The molecule has 1 spiro atoms. The molecule has 2 aliphatic heterocycles. The SMILES string of the molecule is COc1ccccc1CCNC[C@H]1C(=O)O[C@@H]2C[C@@]3(C)CCC[C@]4(CO4)[C@H]3C[C@@H]21. The Morgan fingerprint density at radius 2 is 2.10 bits per heavy atom. The van der Waals surface area contributed by atoms with Crippen LogP contribution >= 0.6 is 0 Å². The van der Waals surface area contributed by atoms with E-state index >= 15 is 0 Å². The molecule has 0 aromatic heterocycles. The van der Waals surface area contributed by atoms with Gasteiger partial charge in [-0.15, -0.1) is 0 Å². The van der Waals surface area contributed by atoms with Crippen LogP contribution in [0.1, 0.15) is 44.6 Å². The Hall–Kier alpha value is -1.59. The Kier molecular flexibility index (Phi) is 4.86. The Bertz CT molecular complexity index is 776. The van der Waals surface area contributed by atoms with Crippen molar-refractivity contribution >= 4 is 5.97 Å². The summed E-state index contributed by atoms with van der Waals surface area (Å²) < 4.78 is 17.3. The van der Waals surface area contributed by atoms with Crippen LogP contribution in [0.2, 0.25) is 0 Å². The molecule has 0 unspecified atom stereocenters. The van der Waals surface area contributed by atoms with Crippen molar-refractivity contribution < 1.29 is 19.0 Å². The fraction of sp³-hybridized carbons (Fsp3) is 0.708. The van der Waals surface area contributed by atoms with E-state index in [-0.39, 0.29) is 29.0 Å². The zero-order valence-corrected chi connectivity index (χ0v) is 17.6. The van der Waals surface area contributed by atoms with E-state index in [9.17, 15) is 4.79 Å². The number of fused-ring (bicyclic) bond motifs is 3. The van der Waals surface area contributed by atoms with Crippen LogP contribution < -0.4 is 10.1 Å². The molecule has 1 aromatic carbocycles. The van der Waals surface area contributed by atoms with Crippen LogP contribution in [0.4, 0.5) is 0 Å². The highest BCUT2D eigenvalue weighted by molar-refractivity contribution is 5.75. The largest absolute Gasteiger partial charge is 0.496 e. The summed E-state index contributed by atoms with van der Waals surface area (Å²) in [7, 11) is 1.71. The standard InChI is InChI=1S/C24H33NO4/c1-23-9-5-10-24(15-28-24)21(23)12-17-18(22(26)29-20(17)13-23)14-25-11-8-16-6-3-4-7-19(16)27-2/h3-4,6-7,17-18,20-21,25H,5,8-15H2,1-2H3/t17-,18-,20-,21+,23-,24+/m1/s1. The van der Waals surface area contributed by atoms with Crippen LogP contribution in [-0.2, 0) is 20.7 Å².